The van der Waals surface area contributed by atoms with Gasteiger partial charge in [-0.2, -0.15) is 0 Å². The third-order valence-corrected chi connectivity index (χ3v) is 7.65. The fourth-order valence-corrected chi connectivity index (χ4v) is 5.05. The molecule has 1 aliphatic rings. The first-order valence-electron chi connectivity index (χ1n) is 15.2. The zero-order valence-electron chi connectivity index (χ0n) is 28.4. The first-order chi connectivity index (χ1) is 19.5. The van der Waals surface area contributed by atoms with Gasteiger partial charge in [-0.25, -0.2) is 4.79 Å². The van der Waals surface area contributed by atoms with Crippen LogP contribution in [0, 0.1) is 22.2 Å². The van der Waals surface area contributed by atoms with E-state index in [-0.39, 0.29) is 40.8 Å². The zero-order valence-corrected chi connectivity index (χ0v) is 28.4. The van der Waals surface area contributed by atoms with E-state index in [0.29, 0.717) is 17.5 Å². The van der Waals surface area contributed by atoms with Gasteiger partial charge < -0.3 is 19.3 Å². The summed E-state index contributed by atoms with van der Waals surface area (Å²) in [6, 6.07) is 1.52. The second kappa shape index (κ2) is 13.2. The van der Waals surface area contributed by atoms with Gasteiger partial charge in [0.1, 0.15) is 11.7 Å². The standard InChI is InChI=1S/C35H52O8/c1-19(2)15-14-16-20(3)25-22-18-23(29(36)37)27(42-31(39)34(8,9)10)28(43-32(40)35(11,12)13)26(22)21(4)17-24(25)41-30(38)33(5,6)7/h15,18,20-21,24-25H,14,16-17H2,1-13H3,(H,36,37)/t20-,21+,24+,25-/m0/s1. The highest BCUT2D eigenvalue weighted by Gasteiger charge is 2.44. The van der Waals surface area contributed by atoms with Gasteiger partial charge in [-0.15, -0.1) is 0 Å². The van der Waals surface area contributed by atoms with Crippen molar-refractivity contribution in [2.75, 3.05) is 0 Å². The minimum atomic E-state index is -1.33. The number of aromatic carboxylic acids is 1. The van der Waals surface area contributed by atoms with E-state index in [1.807, 2.05) is 20.8 Å². The van der Waals surface area contributed by atoms with E-state index in [1.54, 1.807) is 62.3 Å². The van der Waals surface area contributed by atoms with Gasteiger partial charge in [0.15, 0.2) is 11.5 Å². The largest absolute Gasteiger partial charge is 0.478 e. The van der Waals surface area contributed by atoms with Crippen molar-refractivity contribution in [3.63, 3.8) is 0 Å². The lowest BCUT2D eigenvalue weighted by Crippen LogP contribution is -2.39. The van der Waals surface area contributed by atoms with Crippen molar-refractivity contribution in [2.24, 2.45) is 22.2 Å². The fourth-order valence-electron chi connectivity index (χ4n) is 5.05. The van der Waals surface area contributed by atoms with Gasteiger partial charge in [0.05, 0.1) is 16.2 Å². The van der Waals surface area contributed by atoms with Crippen LogP contribution in [0.4, 0.5) is 0 Å². The summed E-state index contributed by atoms with van der Waals surface area (Å²) in [6.45, 7) is 23.5. The molecule has 0 heterocycles. The summed E-state index contributed by atoms with van der Waals surface area (Å²) >= 11 is 0. The summed E-state index contributed by atoms with van der Waals surface area (Å²) < 4.78 is 17.9. The van der Waals surface area contributed by atoms with Crippen molar-refractivity contribution in [1.29, 1.82) is 0 Å². The first kappa shape index (κ1) is 36.0. The second-order valence-electron chi connectivity index (χ2n) is 15.4. The number of ether oxygens (including phenoxy) is 3. The number of allylic oxidation sites excluding steroid dienone is 2. The molecule has 0 aliphatic heterocycles. The fraction of sp³-hybridized carbons (Fsp3) is 0.657. The SMILES string of the molecule is CC(C)=CCC[C@H](C)[C@H]1c2cc(C(=O)O)c(OC(=O)C(C)(C)C)c(OC(=O)C(C)(C)C)c2[C@H](C)C[C@H]1OC(=O)C(C)(C)C. The Morgan fingerprint density at radius 3 is 1.81 bits per heavy atom. The van der Waals surface area contributed by atoms with Crippen LogP contribution in [0.2, 0.25) is 0 Å². The Kier molecular flexibility index (Phi) is 11.1. The number of carbonyl (C=O) groups excluding carboxylic acids is 3. The van der Waals surface area contributed by atoms with Crippen LogP contribution in [0.1, 0.15) is 143 Å². The molecule has 1 aromatic carbocycles. The van der Waals surface area contributed by atoms with Gasteiger partial charge in [0.2, 0.25) is 0 Å². The van der Waals surface area contributed by atoms with E-state index < -0.39 is 40.3 Å². The van der Waals surface area contributed by atoms with Gasteiger partial charge in [-0.1, -0.05) is 25.5 Å². The maximum absolute atomic E-state index is 13.3. The Balaban J connectivity index is 2.94. The van der Waals surface area contributed by atoms with Crippen molar-refractivity contribution in [1.82, 2.24) is 0 Å². The van der Waals surface area contributed by atoms with Crippen LogP contribution in [0.15, 0.2) is 17.7 Å². The van der Waals surface area contributed by atoms with E-state index in [2.05, 4.69) is 13.0 Å². The lowest BCUT2D eigenvalue weighted by Gasteiger charge is -2.41. The van der Waals surface area contributed by atoms with Gasteiger partial charge in [0, 0.05) is 11.5 Å². The third-order valence-electron chi connectivity index (χ3n) is 7.65. The van der Waals surface area contributed by atoms with Crippen molar-refractivity contribution in [2.45, 2.75) is 127 Å². The normalized spacial score (nSPS) is 19.5. The summed E-state index contributed by atoms with van der Waals surface area (Å²) in [5.74, 6) is -3.99. The molecule has 0 spiro atoms. The number of hydrogen-bond acceptors (Lipinski definition) is 7. The summed E-state index contributed by atoms with van der Waals surface area (Å²) in [4.78, 5) is 52.3. The quantitative estimate of drug-likeness (QED) is 0.180. The molecule has 1 aromatic rings. The summed E-state index contributed by atoms with van der Waals surface area (Å²) in [7, 11) is 0. The summed E-state index contributed by atoms with van der Waals surface area (Å²) in [6.07, 6.45) is 3.59. The number of esters is 3. The molecule has 0 aromatic heterocycles. The molecule has 0 radical (unpaired) electrons. The molecule has 1 aliphatic carbocycles. The molecule has 8 nitrogen and oxygen atoms in total. The number of hydrogen-bond donors (Lipinski definition) is 1. The first-order valence-corrected chi connectivity index (χ1v) is 15.2. The average Bonchev–Trinajstić information content (AvgIpc) is 2.82. The molecule has 0 saturated carbocycles. The minimum absolute atomic E-state index is 0.0320. The van der Waals surface area contributed by atoms with Gasteiger partial charge in [0.25, 0.3) is 0 Å². The number of carboxylic acids is 1. The van der Waals surface area contributed by atoms with Crippen molar-refractivity contribution < 1.29 is 38.5 Å². The van der Waals surface area contributed by atoms with Crippen molar-refractivity contribution in [3.8, 4) is 11.5 Å². The molecular weight excluding hydrogens is 548 g/mol. The van der Waals surface area contributed by atoms with Crippen LogP contribution in [0.5, 0.6) is 11.5 Å². The van der Waals surface area contributed by atoms with Crippen molar-refractivity contribution in [3.05, 3.63) is 34.4 Å². The molecule has 240 valence electrons. The monoisotopic (exact) mass is 600 g/mol. The molecule has 1 N–H and O–H groups in total. The maximum atomic E-state index is 13.3. The molecule has 0 saturated heterocycles. The molecule has 43 heavy (non-hydrogen) atoms. The van der Waals surface area contributed by atoms with Crippen LogP contribution in [-0.2, 0) is 19.1 Å². The second-order valence-corrected chi connectivity index (χ2v) is 15.4. The molecule has 0 unspecified atom stereocenters. The molecule has 2 rings (SSSR count). The molecule has 0 fully saturated rings. The number of fused-ring (bicyclic) bond motifs is 1. The number of carboxylic acid groups (broad SMARTS) is 1. The van der Waals surface area contributed by atoms with Gasteiger partial charge in [-0.05, 0) is 119 Å². The highest BCUT2D eigenvalue weighted by atomic mass is 16.6. The average molecular weight is 601 g/mol. The predicted octanol–water partition coefficient (Wildman–Crippen LogP) is 8.22. The Labute approximate surface area is 257 Å². The summed E-state index contributed by atoms with van der Waals surface area (Å²) in [5, 5.41) is 10.4. The molecule has 8 heteroatoms. The van der Waals surface area contributed by atoms with E-state index in [1.165, 1.54) is 11.6 Å². The maximum Gasteiger partial charge on any atom is 0.339 e. The van der Waals surface area contributed by atoms with Crippen LogP contribution >= 0.6 is 0 Å². The van der Waals surface area contributed by atoms with E-state index in [4.69, 9.17) is 14.2 Å². The Bertz CT molecular complexity index is 1260. The lowest BCUT2D eigenvalue weighted by atomic mass is 9.68. The third kappa shape index (κ3) is 8.93. The highest BCUT2D eigenvalue weighted by molar-refractivity contribution is 5.95. The number of rotatable bonds is 8. The predicted molar refractivity (Wildman–Crippen MR) is 167 cm³/mol. The van der Waals surface area contributed by atoms with E-state index in [9.17, 15) is 24.3 Å². The van der Waals surface area contributed by atoms with Crippen LogP contribution in [-0.4, -0.2) is 35.1 Å². The van der Waals surface area contributed by atoms with Crippen LogP contribution in [0.25, 0.3) is 0 Å². The topological polar surface area (TPSA) is 116 Å². The number of benzene rings is 1. The van der Waals surface area contributed by atoms with E-state index in [0.717, 1.165) is 12.8 Å². The molecular formula is C35H52O8. The smallest absolute Gasteiger partial charge is 0.339 e. The Hall–Kier alpha value is -3.16. The minimum Gasteiger partial charge on any atom is -0.478 e. The van der Waals surface area contributed by atoms with Crippen molar-refractivity contribution >= 4 is 23.9 Å². The Morgan fingerprint density at radius 1 is 0.884 bits per heavy atom. The number of carbonyl (C=O) groups is 4. The Morgan fingerprint density at radius 2 is 1.37 bits per heavy atom. The molecule has 0 amide bonds. The molecule has 0 bridgehead atoms. The summed E-state index contributed by atoms with van der Waals surface area (Å²) in [5.41, 5.74) is -0.473. The van der Waals surface area contributed by atoms with E-state index >= 15 is 0 Å². The molecule has 4 atom stereocenters. The van der Waals surface area contributed by atoms with Gasteiger partial charge in [-0.3, -0.25) is 14.4 Å². The van der Waals surface area contributed by atoms with Crippen LogP contribution in [0.3, 0.4) is 0 Å². The lowest BCUT2D eigenvalue weighted by molar-refractivity contribution is -0.161. The highest BCUT2D eigenvalue weighted by Crippen LogP contribution is 2.53. The van der Waals surface area contributed by atoms with Gasteiger partial charge >= 0.3 is 23.9 Å². The zero-order chi connectivity index (χ0) is 33.2. The van der Waals surface area contributed by atoms with Crippen LogP contribution < -0.4 is 9.47 Å².